The number of rotatable bonds is 4. The topological polar surface area (TPSA) is 95.9 Å². The van der Waals surface area contributed by atoms with E-state index in [2.05, 4.69) is 5.32 Å². The first kappa shape index (κ1) is 17.0. The largest absolute Gasteiger partial charge is 0.479 e. The molecule has 1 unspecified atom stereocenters. The Balaban J connectivity index is 2.14. The molecular weight excluding hydrogens is 300 g/mol. The van der Waals surface area contributed by atoms with E-state index in [1.165, 1.54) is 4.90 Å². The molecule has 2 atom stereocenters. The number of carbonyl (C=O) groups excluding carboxylic acids is 2. The molecule has 0 spiro atoms. The Morgan fingerprint density at radius 3 is 2.74 bits per heavy atom. The number of carboxylic acids is 1. The number of anilines is 1. The van der Waals surface area contributed by atoms with Crippen LogP contribution in [0.25, 0.3) is 0 Å². The summed E-state index contributed by atoms with van der Waals surface area (Å²) in [7, 11) is 0. The number of hydrogen-bond acceptors (Lipinski definition) is 4. The van der Waals surface area contributed by atoms with Gasteiger partial charge in [0.2, 0.25) is 5.91 Å². The predicted octanol–water partition coefficient (Wildman–Crippen LogP) is 1.35. The number of hydrogen-bond donors (Lipinski definition) is 2. The average Bonchev–Trinajstić information content (AvgIpc) is 2.53. The van der Waals surface area contributed by atoms with E-state index in [0.29, 0.717) is 24.2 Å². The second kappa shape index (κ2) is 7.23. The van der Waals surface area contributed by atoms with Crippen molar-refractivity contribution in [3.63, 3.8) is 0 Å². The average molecular weight is 320 g/mol. The highest BCUT2D eigenvalue weighted by Gasteiger charge is 2.33. The first-order valence-electron chi connectivity index (χ1n) is 7.48. The maximum absolute atomic E-state index is 12.6. The number of nitrogens with zero attached hydrogens (tertiary/aromatic N) is 1. The lowest BCUT2D eigenvalue weighted by Crippen LogP contribution is -2.51. The van der Waals surface area contributed by atoms with Crippen molar-refractivity contribution < 1.29 is 24.2 Å². The normalized spacial score (nSPS) is 20.9. The number of benzene rings is 1. The molecule has 1 heterocycles. The molecule has 1 saturated heterocycles. The maximum Gasteiger partial charge on any atom is 0.334 e. The Hall–Kier alpha value is -2.41. The highest BCUT2D eigenvalue weighted by molar-refractivity contribution is 5.97. The minimum Gasteiger partial charge on any atom is -0.479 e. The molecule has 1 aromatic rings. The van der Waals surface area contributed by atoms with Gasteiger partial charge in [-0.25, -0.2) is 4.79 Å². The lowest BCUT2D eigenvalue weighted by atomic mass is 10.1. The highest BCUT2D eigenvalue weighted by Crippen LogP contribution is 2.17. The number of morpholine rings is 1. The van der Waals surface area contributed by atoms with E-state index in [-0.39, 0.29) is 24.5 Å². The van der Waals surface area contributed by atoms with E-state index in [4.69, 9.17) is 9.84 Å². The van der Waals surface area contributed by atoms with Crippen molar-refractivity contribution in [2.45, 2.75) is 32.5 Å². The minimum absolute atomic E-state index is 0.00402. The molecule has 23 heavy (non-hydrogen) atoms. The Bertz CT molecular complexity index is 616. The zero-order chi connectivity index (χ0) is 17.0. The summed E-state index contributed by atoms with van der Waals surface area (Å²) in [4.78, 5) is 36.6. The molecule has 1 aliphatic rings. The summed E-state index contributed by atoms with van der Waals surface area (Å²) in [6.45, 7) is 3.80. The Kier molecular flexibility index (Phi) is 5.33. The van der Waals surface area contributed by atoms with Crippen LogP contribution in [0, 0.1) is 0 Å². The van der Waals surface area contributed by atoms with Crippen LogP contribution in [0.3, 0.4) is 0 Å². The van der Waals surface area contributed by atoms with Crippen molar-refractivity contribution in [2.24, 2.45) is 0 Å². The van der Waals surface area contributed by atoms with Crippen LogP contribution >= 0.6 is 0 Å². The third kappa shape index (κ3) is 4.29. The molecule has 1 aliphatic heterocycles. The summed E-state index contributed by atoms with van der Waals surface area (Å²) in [5, 5.41) is 11.8. The standard InChI is InChI=1S/C16H20N2O5/c1-3-14(19)17-12-6-4-5-11(7-12)15(20)18-8-10(2)23-13(9-18)16(21)22/h4-7,10,13H,3,8-9H2,1-2H3,(H,17,19)(H,21,22)/t10-,13?/m1/s1. The smallest absolute Gasteiger partial charge is 0.334 e. The van der Waals surface area contributed by atoms with E-state index in [1.54, 1.807) is 38.1 Å². The van der Waals surface area contributed by atoms with Crippen LogP contribution in [-0.4, -0.2) is 53.1 Å². The molecule has 0 saturated carbocycles. The summed E-state index contributed by atoms with van der Waals surface area (Å²) < 4.78 is 5.30. The van der Waals surface area contributed by atoms with E-state index in [1.807, 2.05) is 0 Å². The number of carbonyl (C=O) groups is 3. The van der Waals surface area contributed by atoms with Crippen LogP contribution in [-0.2, 0) is 14.3 Å². The van der Waals surface area contributed by atoms with Crippen molar-refractivity contribution in [3.8, 4) is 0 Å². The molecule has 0 aliphatic carbocycles. The fourth-order valence-corrected chi connectivity index (χ4v) is 2.42. The zero-order valence-electron chi connectivity index (χ0n) is 13.1. The van der Waals surface area contributed by atoms with E-state index in [9.17, 15) is 14.4 Å². The van der Waals surface area contributed by atoms with E-state index in [0.717, 1.165) is 0 Å². The van der Waals surface area contributed by atoms with Crippen molar-refractivity contribution in [3.05, 3.63) is 29.8 Å². The third-order valence-electron chi connectivity index (χ3n) is 3.54. The number of aliphatic carboxylic acids is 1. The quantitative estimate of drug-likeness (QED) is 0.873. The SMILES string of the molecule is CCC(=O)Nc1cccc(C(=O)N2CC(C(=O)O)O[C@H](C)C2)c1. The van der Waals surface area contributed by atoms with Crippen molar-refractivity contribution in [2.75, 3.05) is 18.4 Å². The van der Waals surface area contributed by atoms with Crippen molar-refractivity contribution in [1.29, 1.82) is 0 Å². The summed E-state index contributed by atoms with van der Waals surface area (Å²) in [5.41, 5.74) is 0.941. The van der Waals surface area contributed by atoms with E-state index < -0.39 is 12.1 Å². The van der Waals surface area contributed by atoms with Gasteiger partial charge in [-0.05, 0) is 25.1 Å². The fourth-order valence-electron chi connectivity index (χ4n) is 2.42. The van der Waals surface area contributed by atoms with Gasteiger partial charge in [0.1, 0.15) is 0 Å². The molecule has 7 heteroatoms. The van der Waals surface area contributed by atoms with Gasteiger partial charge in [-0.2, -0.15) is 0 Å². The number of amides is 2. The summed E-state index contributed by atoms with van der Waals surface area (Å²) in [5.74, 6) is -1.50. The van der Waals surface area contributed by atoms with Crippen LogP contribution < -0.4 is 5.32 Å². The second-order valence-corrected chi connectivity index (χ2v) is 5.47. The van der Waals surface area contributed by atoms with Crippen molar-refractivity contribution >= 4 is 23.5 Å². The van der Waals surface area contributed by atoms with Gasteiger partial charge in [-0.3, -0.25) is 9.59 Å². The molecule has 1 fully saturated rings. The molecule has 2 rings (SSSR count). The van der Waals surface area contributed by atoms with Crippen LogP contribution in [0.2, 0.25) is 0 Å². The van der Waals surface area contributed by atoms with Crippen LogP contribution in [0.4, 0.5) is 5.69 Å². The number of nitrogens with one attached hydrogen (secondary N) is 1. The van der Waals surface area contributed by atoms with Gasteiger partial charge >= 0.3 is 5.97 Å². The molecular formula is C16H20N2O5. The highest BCUT2D eigenvalue weighted by atomic mass is 16.5. The third-order valence-corrected chi connectivity index (χ3v) is 3.54. The minimum atomic E-state index is -1.08. The second-order valence-electron chi connectivity index (χ2n) is 5.47. The molecule has 7 nitrogen and oxygen atoms in total. The zero-order valence-corrected chi connectivity index (χ0v) is 13.1. The van der Waals surface area contributed by atoms with E-state index >= 15 is 0 Å². The van der Waals surface area contributed by atoms with Gasteiger partial charge in [0.15, 0.2) is 6.10 Å². The monoisotopic (exact) mass is 320 g/mol. The van der Waals surface area contributed by atoms with Crippen LogP contribution in [0.1, 0.15) is 30.6 Å². The molecule has 0 aromatic heterocycles. The molecule has 0 bridgehead atoms. The fraction of sp³-hybridized carbons (Fsp3) is 0.438. The maximum atomic E-state index is 12.6. The van der Waals surface area contributed by atoms with Gasteiger partial charge in [-0.15, -0.1) is 0 Å². The molecule has 0 radical (unpaired) electrons. The van der Waals surface area contributed by atoms with Crippen LogP contribution in [0.15, 0.2) is 24.3 Å². The van der Waals surface area contributed by atoms with Crippen LogP contribution in [0.5, 0.6) is 0 Å². The number of carboxylic acid groups (broad SMARTS) is 1. The first-order valence-corrected chi connectivity index (χ1v) is 7.48. The van der Waals surface area contributed by atoms with Gasteiger partial charge in [0.05, 0.1) is 12.6 Å². The Labute approximate surface area is 134 Å². The Morgan fingerprint density at radius 1 is 1.35 bits per heavy atom. The van der Waals surface area contributed by atoms with Crippen molar-refractivity contribution in [1.82, 2.24) is 4.90 Å². The summed E-state index contributed by atoms with van der Waals surface area (Å²) in [6, 6.07) is 6.61. The van der Waals surface area contributed by atoms with Gasteiger partial charge in [0.25, 0.3) is 5.91 Å². The lowest BCUT2D eigenvalue weighted by molar-refractivity contribution is -0.160. The van der Waals surface area contributed by atoms with Gasteiger partial charge in [-0.1, -0.05) is 13.0 Å². The molecule has 124 valence electrons. The van der Waals surface area contributed by atoms with Gasteiger partial charge in [0, 0.05) is 24.2 Å². The summed E-state index contributed by atoms with van der Waals surface area (Å²) >= 11 is 0. The number of ether oxygens (including phenoxy) is 1. The Morgan fingerprint density at radius 2 is 2.09 bits per heavy atom. The lowest BCUT2D eigenvalue weighted by Gasteiger charge is -2.35. The molecule has 1 aromatic carbocycles. The molecule has 2 N–H and O–H groups in total. The van der Waals surface area contributed by atoms with Gasteiger partial charge < -0.3 is 20.1 Å². The first-order chi connectivity index (χ1) is 10.9. The predicted molar refractivity (Wildman–Crippen MR) is 83.2 cm³/mol. The summed E-state index contributed by atoms with van der Waals surface area (Å²) in [6.07, 6.45) is -1.03. The molecule has 2 amide bonds.